The molecule has 0 bridgehead atoms. The summed E-state index contributed by atoms with van der Waals surface area (Å²) < 4.78 is 17.3. The Morgan fingerprint density at radius 1 is 1.02 bits per heavy atom. The molecule has 0 radical (unpaired) electrons. The standard InChI is InChI=1S/C28H24N4O8/c1-3-5-20-12-19(13-25(38-4-2)27(20)39-17-18-6-8-22(9-7-18)31(34)35)16-29-30-28(33)26-15-21-14-23(32(36)37)10-11-24(21)40-26/h3,6-16H,1,4-5,17H2,2H3,(H,30,33)/b29-16-. The van der Waals surface area contributed by atoms with E-state index in [9.17, 15) is 25.0 Å². The lowest BCUT2D eigenvalue weighted by Crippen LogP contribution is -2.16. The van der Waals surface area contributed by atoms with Gasteiger partial charge in [-0.25, -0.2) is 5.43 Å². The van der Waals surface area contributed by atoms with Gasteiger partial charge in [-0.05, 0) is 60.9 Å². The summed E-state index contributed by atoms with van der Waals surface area (Å²) in [6.07, 6.45) is 3.59. The third kappa shape index (κ3) is 6.48. The van der Waals surface area contributed by atoms with E-state index in [1.165, 1.54) is 42.6 Å². The molecule has 3 aromatic carbocycles. The summed E-state index contributed by atoms with van der Waals surface area (Å²) in [5, 5.41) is 26.3. The van der Waals surface area contributed by atoms with Crippen LogP contribution in [0.4, 0.5) is 11.4 Å². The minimum absolute atomic E-state index is 0.00821. The molecule has 0 fully saturated rings. The monoisotopic (exact) mass is 544 g/mol. The highest BCUT2D eigenvalue weighted by atomic mass is 16.6. The first kappa shape index (κ1) is 27.5. The van der Waals surface area contributed by atoms with Crippen LogP contribution in [0.25, 0.3) is 11.0 Å². The van der Waals surface area contributed by atoms with Crippen molar-refractivity contribution in [1.29, 1.82) is 0 Å². The molecule has 0 saturated heterocycles. The lowest BCUT2D eigenvalue weighted by Gasteiger charge is -2.16. The molecular weight excluding hydrogens is 520 g/mol. The molecule has 40 heavy (non-hydrogen) atoms. The number of ether oxygens (including phenoxy) is 2. The third-order valence-electron chi connectivity index (χ3n) is 5.66. The fourth-order valence-electron chi connectivity index (χ4n) is 3.84. The molecule has 4 aromatic rings. The zero-order chi connectivity index (χ0) is 28.6. The summed E-state index contributed by atoms with van der Waals surface area (Å²) in [5.41, 5.74) is 4.71. The van der Waals surface area contributed by atoms with Crippen LogP contribution in [0, 0.1) is 20.2 Å². The van der Waals surface area contributed by atoms with Crippen molar-refractivity contribution in [1.82, 2.24) is 5.43 Å². The van der Waals surface area contributed by atoms with E-state index in [0.717, 1.165) is 11.1 Å². The van der Waals surface area contributed by atoms with E-state index in [-0.39, 0.29) is 23.7 Å². The molecule has 1 N–H and O–H groups in total. The van der Waals surface area contributed by atoms with Gasteiger partial charge >= 0.3 is 5.91 Å². The average molecular weight is 545 g/mol. The van der Waals surface area contributed by atoms with Crippen LogP contribution in [-0.4, -0.2) is 28.6 Å². The van der Waals surface area contributed by atoms with Gasteiger partial charge in [0.1, 0.15) is 12.2 Å². The van der Waals surface area contributed by atoms with Gasteiger partial charge < -0.3 is 13.9 Å². The molecule has 0 saturated carbocycles. The molecule has 1 aromatic heterocycles. The molecule has 12 heteroatoms. The van der Waals surface area contributed by atoms with Crippen molar-refractivity contribution >= 4 is 34.5 Å². The fraction of sp³-hybridized carbons (Fsp3) is 0.143. The normalized spacial score (nSPS) is 10.9. The minimum atomic E-state index is -0.630. The van der Waals surface area contributed by atoms with Crippen LogP contribution < -0.4 is 14.9 Å². The summed E-state index contributed by atoms with van der Waals surface area (Å²) in [6.45, 7) is 6.15. The first-order valence-corrected chi connectivity index (χ1v) is 12.1. The molecule has 0 atom stereocenters. The van der Waals surface area contributed by atoms with Gasteiger partial charge in [0.2, 0.25) is 0 Å². The van der Waals surface area contributed by atoms with Crippen molar-refractivity contribution in [3.05, 3.63) is 116 Å². The number of nitrogens with one attached hydrogen (secondary N) is 1. The van der Waals surface area contributed by atoms with E-state index in [4.69, 9.17) is 13.9 Å². The van der Waals surface area contributed by atoms with Gasteiger partial charge in [0.15, 0.2) is 17.3 Å². The van der Waals surface area contributed by atoms with Crippen molar-refractivity contribution in [2.45, 2.75) is 20.0 Å². The molecule has 1 amide bonds. The zero-order valence-electron chi connectivity index (χ0n) is 21.4. The Balaban J connectivity index is 1.51. The maximum atomic E-state index is 12.5. The molecule has 4 rings (SSSR count). The number of nitro groups is 2. The quantitative estimate of drug-likeness (QED) is 0.103. The second-order valence-electron chi connectivity index (χ2n) is 8.43. The highest BCUT2D eigenvalue weighted by Gasteiger charge is 2.16. The van der Waals surface area contributed by atoms with Crippen LogP contribution in [0.2, 0.25) is 0 Å². The molecule has 204 valence electrons. The molecule has 0 aliphatic carbocycles. The van der Waals surface area contributed by atoms with Crippen LogP contribution >= 0.6 is 0 Å². The first-order valence-electron chi connectivity index (χ1n) is 12.1. The third-order valence-corrected chi connectivity index (χ3v) is 5.66. The maximum absolute atomic E-state index is 12.5. The van der Waals surface area contributed by atoms with Gasteiger partial charge in [-0.2, -0.15) is 5.10 Å². The number of hydrogen-bond acceptors (Lipinski definition) is 9. The Morgan fingerprint density at radius 2 is 1.75 bits per heavy atom. The SMILES string of the molecule is C=CCc1cc(/C=N\NC(=O)c2cc3cc([N+](=O)[O-])ccc3o2)cc(OCC)c1OCc1ccc([N+](=O)[O-])cc1. The van der Waals surface area contributed by atoms with Gasteiger partial charge in [-0.15, -0.1) is 6.58 Å². The van der Waals surface area contributed by atoms with Crippen molar-refractivity contribution in [3.8, 4) is 11.5 Å². The zero-order valence-corrected chi connectivity index (χ0v) is 21.4. The number of fused-ring (bicyclic) bond motifs is 1. The van der Waals surface area contributed by atoms with Crippen LogP contribution in [0.3, 0.4) is 0 Å². The minimum Gasteiger partial charge on any atom is -0.490 e. The maximum Gasteiger partial charge on any atom is 0.307 e. The summed E-state index contributed by atoms with van der Waals surface area (Å²) >= 11 is 0. The lowest BCUT2D eigenvalue weighted by atomic mass is 10.1. The Kier molecular flexibility index (Phi) is 8.49. The van der Waals surface area contributed by atoms with Crippen molar-refractivity contribution in [2.75, 3.05) is 6.61 Å². The topological polar surface area (TPSA) is 159 Å². The highest BCUT2D eigenvalue weighted by Crippen LogP contribution is 2.34. The molecule has 0 unspecified atom stereocenters. The van der Waals surface area contributed by atoms with Gasteiger partial charge in [-0.3, -0.25) is 25.0 Å². The Bertz CT molecular complexity index is 1610. The number of carbonyl (C=O) groups excluding carboxylic acids is 1. The summed E-state index contributed by atoms with van der Waals surface area (Å²) in [5.74, 6) is 0.271. The lowest BCUT2D eigenvalue weighted by molar-refractivity contribution is -0.385. The predicted molar refractivity (Wildman–Crippen MR) is 147 cm³/mol. The van der Waals surface area contributed by atoms with E-state index < -0.39 is 15.8 Å². The average Bonchev–Trinajstić information content (AvgIpc) is 3.37. The Hall–Kier alpha value is -5.52. The number of amides is 1. The van der Waals surface area contributed by atoms with Gasteiger partial charge in [0.25, 0.3) is 11.4 Å². The van der Waals surface area contributed by atoms with Crippen LogP contribution in [0.5, 0.6) is 11.5 Å². The number of hydrogen-bond donors (Lipinski definition) is 1. The van der Waals surface area contributed by atoms with Crippen LogP contribution in [0.15, 0.2) is 82.8 Å². The summed E-state index contributed by atoms with van der Waals surface area (Å²) in [7, 11) is 0. The van der Waals surface area contributed by atoms with Gasteiger partial charge in [-0.1, -0.05) is 6.08 Å². The molecule has 0 aliphatic heterocycles. The molecule has 1 heterocycles. The number of furan rings is 1. The second kappa shape index (κ2) is 12.3. The summed E-state index contributed by atoms with van der Waals surface area (Å²) in [4.78, 5) is 33.4. The van der Waals surface area contributed by atoms with Crippen molar-refractivity contribution in [2.24, 2.45) is 5.10 Å². The van der Waals surface area contributed by atoms with Crippen molar-refractivity contribution < 1.29 is 28.5 Å². The largest absolute Gasteiger partial charge is 0.490 e. The highest BCUT2D eigenvalue weighted by molar-refractivity contribution is 5.97. The van der Waals surface area contributed by atoms with E-state index in [1.807, 2.05) is 13.0 Å². The van der Waals surface area contributed by atoms with E-state index in [2.05, 4.69) is 17.1 Å². The fourth-order valence-corrected chi connectivity index (χ4v) is 3.84. The first-order chi connectivity index (χ1) is 19.3. The number of carbonyl (C=O) groups is 1. The molecular formula is C28H24N4O8. The molecule has 0 spiro atoms. The van der Waals surface area contributed by atoms with Crippen LogP contribution in [-0.2, 0) is 13.0 Å². The van der Waals surface area contributed by atoms with Gasteiger partial charge in [0.05, 0.1) is 22.7 Å². The predicted octanol–water partition coefficient (Wildman–Crippen LogP) is 5.72. The number of nitrogens with zero attached hydrogens (tertiary/aromatic N) is 3. The number of rotatable bonds is 12. The summed E-state index contributed by atoms with van der Waals surface area (Å²) in [6, 6.07) is 15.0. The van der Waals surface area contributed by atoms with E-state index >= 15 is 0 Å². The molecule has 12 nitrogen and oxygen atoms in total. The van der Waals surface area contributed by atoms with E-state index in [0.29, 0.717) is 41.1 Å². The Labute approximate surface area is 227 Å². The number of nitro benzene ring substituents is 2. The van der Waals surface area contributed by atoms with Crippen molar-refractivity contribution in [3.63, 3.8) is 0 Å². The molecule has 0 aliphatic rings. The smallest absolute Gasteiger partial charge is 0.307 e. The number of allylic oxidation sites excluding steroid dienone is 1. The number of non-ortho nitro benzene ring substituents is 2. The van der Waals surface area contributed by atoms with Crippen LogP contribution in [0.1, 0.15) is 34.2 Å². The van der Waals surface area contributed by atoms with E-state index in [1.54, 1.807) is 24.3 Å². The number of benzene rings is 3. The Morgan fingerprint density at radius 3 is 2.42 bits per heavy atom. The second-order valence-corrected chi connectivity index (χ2v) is 8.43. The number of hydrazone groups is 1. The van der Waals surface area contributed by atoms with Gasteiger partial charge in [0, 0.05) is 35.2 Å².